The molecule has 0 spiro atoms. The summed E-state index contributed by atoms with van der Waals surface area (Å²) >= 11 is 0. The van der Waals surface area contributed by atoms with E-state index in [1.54, 1.807) is 6.92 Å². The van der Waals surface area contributed by atoms with E-state index in [0.717, 1.165) is 29.4 Å². The zero-order chi connectivity index (χ0) is 16.8. The standard InChI is InChI=1S/C21H21NO2/c1-2-21(23)24-20-11-10-17-14-16(8-9-18(17)15-20)12-13-22-19-6-4-3-5-7-19/h3-11,14-15,22H,2,12-13H2,1H3. The maximum absolute atomic E-state index is 11.4. The van der Waals surface area contributed by atoms with Gasteiger partial charge < -0.3 is 10.1 Å². The number of anilines is 1. The van der Waals surface area contributed by atoms with Crippen molar-refractivity contribution in [3.8, 4) is 5.75 Å². The zero-order valence-electron chi connectivity index (χ0n) is 13.8. The number of hydrogen-bond donors (Lipinski definition) is 1. The molecule has 0 aliphatic carbocycles. The van der Waals surface area contributed by atoms with Crippen molar-refractivity contribution in [3.05, 3.63) is 72.3 Å². The molecule has 24 heavy (non-hydrogen) atoms. The van der Waals surface area contributed by atoms with Crippen LogP contribution in [0.4, 0.5) is 5.69 Å². The van der Waals surface area contributed by atoms with E-state index >= 15 is 0 Å². The molecular weight excluding hydrogens is 298 g/mol. The van der Waals surface area contributed by atoms with Crippen LogP contribution in [0.5, 0.6) is 5.75 Å². The fourth-order valence-corrected chi connectivity index (χ4v) is 2.60. The average molecular weight is 319 g/mol. The Morgan fingerprint density at radius 2 is 1.71 bits per heavy atom. The first-order valence-corrected chi connectivity index (χ1v) is 8.27. The highest BCUT2D eigenvalue weighted by Crippen LogP contribution is 2.22. The zero-order valence-corrected chi connectivity index (χ0v) is 13.8. The van der Waals surface area contributed by atoms with Crippen molar-refractivity contribution >= 4 is 22.4 Å². The fourth-order valence-electron chi connectivity index (χ4n) is 2.60. The molecule has 0 saturated heterocycles. The Labute approximate surface area is 142 Å². The Kier molecular flexibility index (Phi) is 5.12. The molecule has 3 aromatic carbocycles. The molecule has 0 radical (unpaired) electrons. The molecule has 0 saturated carbocycles. The average Bonchev–Trinajstić information content (AvgIpc) is 2.62. The van der Waals surface area contributed by atoms with Crippen LogP contribution in [0.2, 0.25) is 0 Å². The maximum atomic E-state index is 11.4. The maximum Gasteiger partial charge on any atom is 0.310 e. The van der Waals surface area contributed by atoms with E-state index in [2.05, 4.69) is 35.6 Å². The lowest BCUT2D eigenvalue weighted by Gasteiger charge is -2.08. The molecule has 0 heterocycles. The summed E-state index contributed by atoms with van der Waals surface area (Å²) in [6.45, 7) is 2.68. The number of nitrogens with one attached hydrogen (secondary N) is 1. The Hall–Kier alpha value is -2.81. The number of esters is 1. The first-order chi connectivity index (χ1) is 11.7. The van der Waals surface area contributed by atoms with Crippen molar-refractivity contribution in [2.24, 2.45) is 0 Å². The van der Waals surface area contributed by atoms with Crippen LogP contribution in [-0.2, 0) is 11.2 Å². The van der Waals surface area contributed by atoms with E-state index in [0.29, 0.717) is 12.2 Å². The molecule has 0 unspecified atom stereocenters. The summed E-state index contributed by atoms with van der Waals surface area (Å²) in [5.41, 5.74) is 2.42. The van der Waals surface area contributed by atoms with Gasteiger partial charge in [0, 0.05) is 18.7 Å². The van der Waals surface area contributed by atoms with Crippen molar-refractivity contribution in [3.63, 3.8) is 0 Å². The number of hydrogen-bond acceptors (Lipinski definition) is 3. The second-order valence-electron chi connectivity index (χ2n) is 5.71. The van der Waals surface area contributed by atoms with Crippen LogP contribution < -0.4 is 10.1 Å². The van der Waals surface area contributed by atoms with E-state index in [4.69, 9.17) is 4.74 Å². The molecule has 1 N–H and O–H groups in total. The van der Waals surface area contributed by atoms with E-state index < -0.39 is 0 Å². The van der Waals surface area contributed by atoms with Gasteiger partial charge in [-0.1, -0.05) is 49.4 Å². The highest BCUT2D eigenvalue weighted by Gasteiger charge is 2.03. The third-order valence-electron chi connectivity index (χ3n) is 3.91. The molecule has 3 heteroatoms. The van der Waals surface area contributed by atoms with Crippen molar-refractivity contribution in [1.29, 1.82) is 0 Å². The van der Waals surface area contributed by atoms with Gasteiger partial charge in [0.05, 0.1) is 0 Å². The van der Waals surface area contributed by atoms with E-state index in [9.17, 15) is 4.79 Å². The number of carbonyl (C=O) groups excluding carboxylic acids is 1. The summed E-state index contributed by atoms with van der Waals surface area (Å²) in [6.07, 6.45) is 1.34. The molecule has 0 aromatic heterocycles. The number of fused-ring (bicyclic) bond motifs is 1. The van der Waals surface area contributed by atoms with E-state index in [1.165, 1.54) is 5.56 Å². The topological polar surface area (TPSA) is 38.3 Å². The molecule has 3 rings (SSSR count). The number of para-hydroxylation sites is 1. The van der Waals surface area contributed by atoms with Crippen molar-refractivity contribution in [2.45, 2.75) is 19.8 Å². The summed E-state index contributed by atoms with van der Waals surface area (Å²) in [4.78, 5) is 11.4. The van der Waals surface area contributed by atoms with Crippen LogP contribution >= 0.6 is 0 Å². The van der Waals surface area contributed by atoms with Crippen LogP contribution in [0.3, 0.4) is 0 Å². The van der Waals surface area contributed by atoms with E-state index in [-0.39, 0.29) is 5.97 Å². The fraction of sp³-hybridized carbons (Fsp3) is 0.190. The van der Waals surface area contributed by atoms with Gasteiger partial charge in [-0.3, -0.25) is 4.79 Å². The minimum atomic E-state index is -0.210. The lowest BCUT2D eigenvalue weighted by Crippen LogP contribution is -2.05. The highest BCUT2D eigenvalue weighted by molar-refractivity contribution is 5.85. The Morgan fingerprint density at radius 3 is 2.50 bits per heavy atom. The van der Waals surface area contributed by atoms with Gasteiger partial charge in [0.15, 0.2) is 0 Å². The monoisotopic (exact) mass is 319 g/mol. The van der Waals surface area contributed by atoms with E-state index in [1.807, 2.05) is 36.4 Å². The summed E-state index contributed by atoms with van der Waals surface area (Å²) in [6, 6.07) is 22.4. The van der Waals surface area contributed by atoms with Gasteiger partial charge in [-0.05, 0) is 47.0 Å². The van der Waals surface area contributed by atoms with Crippen LogP contribution in [-0.4, -0.2) is 12.5 Å². The molecule has 3 nitrogen and oxygen atoms in total. The second kappa shape index (κ2) is 7.64. The van der Waals surface area contributed by atoms with Gasteiger partial charge in [-0.15, -0.1) is 0 Å². The Balaban J connectivity index is 1.65. The summed E-state index contributed by atoms with van der Waals surface area (Å²) < 4.78 is 5.27. The quantitative estimate of drug-likeness (QED) is 0.523. The lowest BCUT2D eigenvalue weighted by molar-refractivity contribution is -0.134. The molecule has 122 valence electrons. The normalized spacial score (nSPS) is 10.5. The lowest BCUT2D eigenvalue weighted by atomic mass is 10.0. The van der Waals surface area contributed by atoms with Crippen molar-refractivity contribution in [1.82, 2.24) is 0 Å². The molecular formula is C21H21NO2. The first kappa shape index (κ1) is 16.1. The van der Waals surface area contributed by atoms with Crippen LogP contribution in [0.15, 0.2) is 66.7 Å². The van der Waals surface area contributed by atoms with Gasteiger partial charge in [0.25, 0.3) is 0 Å². The van der Waals surface area contributed by atoms with Gasteiger partial charge in [-0.2, -0.15) is 0 Å². The SMILES string of the molecule is CCC(=O)Oc1ccc2cc(CCNc3ccccc3)ccc2c1. The van der Waals surface area contributed by atoms with Crippen LogP contribution in [0, 0.1) is 0 Å². The van der Waals surface area contributed by atoms with Crippen molar-refractivity contribution < 1.29 is 9.53 Å². The van der Waals surface area contributed by atoms with Gasteiger partial charge in [0.1, 0.15) is 5.75 Å². The van der Waals surface area contributed by atoms with Crippen LogP contribution in [0.1, 0.15) is 18.9 Å². The molecule has 0 aliphatic heterocycles. The van der Waals surface area contributed by atoms with Crippen LogP contribution in [0.25, 0.3) is 10.8 Å². The van der Waals surface area contributed by atoms with Gasteiger partial charge in [0.2, 0.25) is 0 Å². The highest BCUT2D eigenvalue weighted by atomic mass is 16.5. The number of benzene rings is 3. The largest absolute Gasteiger partial charge is 0.427 e. The molecule has 0 amide bonds. The Bertz CT molecular complexity index is 828. The summed E-state index contributed by atoms with van der Waals surface area (Å²) in [5.74, 6) is 0.394. The van der Waals surface area contributed by atoms with Gasteiger partial charge in [-0.25, -0.2) is 0 Å². The number of carbonyl (C=O) groups is 1. The van der Waals surface area contributed by atoms with Gasteiger partial charge >= 0.3 is 5.97 Å². The first-order valence-electron chi connectivity index (χ1n) is 8.27. The molecule has 0 aliphatic rings. The predicted molar refractivity (Wildman–Crippen MR) is 98.5 cm³/mol. The molecule has 0 bridgehead atoms. The summed E-state index contributed by atoms with van der Waals surface area (Å²) in [5, 5.41) is 5.66. The predicted octanol–water partition coefficient (Wildman–Crippen LogP) is 4.81. The third-order valence-corrected chi connectivity index (χ3v) is 3.91. The number of ether oxygens (including phenoxy) is 1. The minimum Gasteiger partial charge on any atom is -0.427 e. The summed E-state index contributed by atoms with van der Waals surface area (Å²) in [7, 11) is 0. The Morgan fingerprint density at radius 1 is 0.958 bits per heavy atom. The molecule has 3 aromatic rings. The number of rotatable bonds is 6. The second-order valence-corrected chi connectivity index (χ2v) is 5.71. The molecule has 0 atom stereocenters. The molecule has 0 fully saturated rings. The smallest absolute Gasteiger partial charge is 0.310 e. The minimum absolute atomic E-state index is 0.210. The third kappa shape index (κ3) is 4.13. The van der Waals surface area contributed by atoms with Crippen molar-refractivity contribution in [2.75, 3.05) is 11.9 Å².